The van der Waals surface area contributed by atoms with Crippen LogP contribution in [0.3, 0.4) is 0 Å². The lowest BCUT2D eigenvalue weighted by Crippen LogP contribution is -2.08. The van der Waals surface area contributed by atoms with Crippen molar-refractivity contribution < 1.29 is 27.9 Å². The molecule has 0 aliphatic carbocycles. The summed E-state index contributed by atoms with van der Waals surface area (Å²) >= 11 is 0.615. The van der Waals surface area contributed by atoms with E-state index < -0.39 is 17.7 Å². The Morgan fingerprint density at radius 3 is 2.36 bits per heavy atom. The lowest BCUT2D eigenvalue weighted by molar-refractivity contribution is -0.139. The molecule has 0 saturated carbocycles. The van der Waals surface area contributed by atoms with Gasteiger partial charge < -0.3 is 5.11 Å². The first-order valence-electron chi connectivity index (χ1n) is 6.00. The van der Waals surface area contributed by atoms with Crippen LogP contribution >= 0.6 is 11.8 Å². The van der Waals surface area contributed by atoms with Gasteiger partial charge in [0.2, 0.25) is 0 Å². The highest BCUT2D eigenvalue weighted by atomic mass is 32.2. The van der Waals surface area contributed by atoms with Crippen molar-refractivity contribution in [2.75, 3.05) is 0 Å². The zero-order chi connectivity index (χ0) is 16.3. The number of alkyl halides is 3. The molecule has 0 heterocycles. The van der Waals surface area contributed by atoms with Gasteiger partial charge >= 0.3 is 12.1 Å². The standard InChI is InChI=1S/C15H9F3O3S/c16-15(17,18)11-6-3-4-9(8-19)13(11)22-12-7-2-1-5-10(12)14(20)21/h1-8H,(H,20,21). The highest BCUT2D eigenvalue weighted by Crippen LogP contribution is 2.41. The van der Waals surface area contributed by atoms with E-state index in [0.29, 0.717) is 18.0 Å². The maximum Gasteiger partial charge on any atom is 0.417 e. The van der Waals surface area contributed by atoms with Crippen molar-refractivity contribution in [1.82, 2.24) is 0 Å². The normalized spacial score (nSPS) is 11.2. The van der Waals surface area contributed by atoms with Crippen LogP contribution in [-0.2, 0) is 6.18 Å². The molecule has 0 amide bonds. The number of carboxylic acids is 1. The zero-order valence-corrected chi connectivity index (χ0v) is 11.7. The van der Waals surface area contributed by atoms with Gasteiger partial charge in [-0.1, -0.05) is 36.0 Å². The molecule has 0 radical (unpaired) electrons. The minimum absolute atomic E-state index is 0.124. The van der Waals surface area contributed by atoms with Gasteiger partial charge in [0.15, 0.2) is 6.29 Å². The van der Waals surface area contributed by atoms with Gasteiger partial charge in [-0.05, 0) is 18.2 Å². The predicted octanol–water partition coefficient (Wildman–Crippen LogP) is 4.37. The fourth-order valence-corrected chi connectivity index (χ4v) is 2.99. The number of halogens is 3. The second-order valence-corrected chi connectivity index (χ2v) is 5.30. The number of carbonyl (C=O) groups is 2. The summed E-state index contributed by atoms with van der Waals surface area (Å²) < 4.78 is 39.2. The van der Waals surface area contributed by atoms with Crippen LogP contribution in [0.1, 0.15) is 26.3 Å². The van der Waals surface area contributed by atoms with Gasteiger partial charge in [0, 0.05) is 15.4 Å². The van der Waals surface area contributed by atoms with Crippen LogP contribution in [0.15, 0.2) is 52.3 Å². The summed E-state index contributed by atoms with van der Waals surface area (Å²) in [4.78, 5) is 22.0. The zero-order valence-electron chi connectivity index (χ0n) is 10.9. The Kier molecular flexibility index (Phi) is 4.56. The summed E-state index contributed by atoms with van der Waals surface area (Å²) in [6, 6.07) is 8.94. The molecule has 0 unspecified atom stereocenters. The summed E-state index contributed by atoms with van der Waals surface area (Å²) in [5, 5.41) is 9.09. The first kappa shape index (κ1) is 16.1. The lowest BCUT2D eigenvalue weighted by atomic mass is 10.1. The van der Waals surface area contributed by atoms with Crippen molar-refractivity contribution in [3.05, 3.63) is 59.2 Å². The third-order valence-corrected chi connectivity index (χ3v) is 4.04. The Hall–Kier alpha value is -2.28. The average Bonchev–Trinajstić information content (AvgIpc) is 2.46. The van der Waals surface area contributed by atoms with Crippen LogP contribution in [0.25, 0.3) is 0 Å². The lowest BCUT2D eigenvalue weighted by Gasteiger charge is -2.15. The Balaban J connectivity index is 2.59. The van der Waals surface area contributed by atoms with E-state index in [1.807, 2.05) is 0 Å². The van der Waals surface area contributed by atoms with Crippen molar-refractivity contribution >= 4 is 24.0 Å². The van der Waals surface area contributed by atoms with E-state index in [0.717, 1.165) is 12.1 Å². The molecule has 0 spiro atoms. The largest absolute Gasteiger partial charge is 0.478 e. The molecule has 3 nitrogen and oxygen atoms in total. The first-order chi connectivity index (χ1) is 10.3. The predicted molar refractivity (Wildman–Crippen MR) is 74.4 cm³/mol. The molecular formula is C15H9F3O3S. The minimum Gasteiger partial charge on any atom is -0.478 e. The fourth-order valence-electron chi connectivity index (χ4n) is 1.83. The molecule has 2 aromatic rings. The number of hydrogen-bond donors (Lipinski definition) is 1. The molecule has 0 aliphatic heterocycles. The molecule has 0 saturated heterocycles. The van der Waals surface area contributed by atoms with Crippen LogP contribution in [0.4, 0.5) is 13.2 Å². The van der Waals surface area contributed by atoms with Gasteiger partial charge in [0.1, 0.15) is 0 Å². The molecule has 0 aliphatic rings. The van der Waals surface area contributed by atoms with Crippen LogP contribution in [0.5, 0.6) is 0 Å². The highest BCUT2D eigenvalue weighted by molar-refractivity contribution is 7.99. The van der Waals surface area contributed by atoms with Crippen LogP contribution < -0.4 is 0 Å². The van der Waals surface area contributed by atoms with Crippen LogP contribution in [-0.4, -0.2) is 17.4 Å². The third kappa shape index (κ3) is 3.30. The van der Waals surface area contributed by atoms with Crippen LogP contribution in [0.2, 0.25) is 0 Å². The monoisotopic (exact) mass is 326 g/mol. The number of aromatic carboxylic acids is 1. The number of hydrogen-bond acceptors (Lipinski definition) is 3. The smallest absolute Gasteiger partial charge is 0.417 e. The van der Waals surface area contributed by atoms with Gasteiger partial charge in [-0.3, -0.25) is 4.79 Å². The van der Waals surface area contributed by atoms with Gasteiger partial charge in [0.25, 0.3) is 0 Å². The molecule has 0 fully saturated rings. The van der Waals surface area contributed by atoms with E-state index in [9.17, 15) is 22.8 Å². The van der Waals surface area contributed by atoms with E-state index in [1.54, 1.807) is 0 Å². The highest BCUT2D eigenvalue weighted by Gasteiger charge is 2.34. The quantitative estimate of drug-likeness (QED) is 0.848. The Labute approximate surface area is 127 Å². The number of aldehydes is 1. The molecule has 2 aromatic carbocycles. The fraction of sp³-hybridized carbons (Fsp3) is 0.0667. The summed E-state index contributed by atoms with van der Waals surface area (Å²) in [6.45, 7) is 0. The van der Waals surface area contributed by atoms with E-state index >= 15 is 0 Å². The number of rotatable bonds is 4. The van der Waals surface area contributed by atoms with Crippen molar-refractivity contribution in [3.63, 3.8) is 0 Å². The number of carbonyl (C=O) groups excluding carboxylic acids is 1. The molecular weight excluding hydrogens is 317 g/mol. The van der Waals surface area contributed by atoms with Gasteiger partial charge in [-0.25, -0.2) is 4.79 Å². The topological polar surface area (TPSA) is 54.4 Å². The van der Waals surface area contributed by atoms with E-state index in [1.165, 1.54) is 30.3 Å². The summed E-state index contributed by atoms with van der Waals surface area (Å²) in [7, 11) is 0. The summed E-state index contributed by atoms with van der Waals surface area (Å²) in [5.41, 5.74) is -1.23. The second kappa shape index (κ2) is 6.23. The Morgan fingerprint density at radius 2 is 1.77 bits per heavy atom. The first-order valence-corrected chi connectivity index (χ1v) is 6.82. The molecule has 0 atom stereocenters. The average molecular weight is 326 g/mol. The maximum atomic E-state index is 13.1. The molecule has 0 bridgehead atoms. The SMILES string of the molecule is O=Cc1cccc(C(F)(F)F)c1Sc1ccccc1C(=O)O. The van der Waals surface area contributed by atoms with Gasteiger partial charge in [-0.2, -0.15) is 13.2 Å². The Bertz CT molecular complexity index is 726. The van der Waals surface area contributed by atoms with E-state index in [2.05, 4.69) is 0 Å². The molecule has 2 rings (SSSR count). The second-order valence-electron chi connectivity index (χ2n) is 4.24. The van der Waals surface area contributed by atoms with Crippen molar-refractivity contribution in [2.24, 2.45) is 0 Å². The minimum atomic E-state index is -4.64. The van der Waals surface area contributed by atoms with Gasteiger partial charge in [-0.15, -0.1) is 0 Å². The molecule has 1 N–H and O–H groups in total. The summed E-state index contributed by atoms with van der Waals surface area (Å²) in [5.74, 6) is -1.25. The van der Waals surface area contributed by atoms with E-state index in [4.69, 9.17) is 5.11 Å². The molecule has 114 valence electrons. The third-order valence-electron chi connectivity index (χ3n) is 2.81. The van der Waals surface area contributed by atoms with Crippen LogP contribution in [0, 0.1) is 0 Å². The molecule has 22 heavy (non-hydrogen) atoms. The number of benzene rings is 2. The molecule has 0 aromatic heterocycles. The molecule has 7 heteroatoms. The van der Waals surface area contributed by atoms with Gasteiger partial charge in [0.05, 0.1) is 11.1 Å². The van der Waals surface area contributed by atoms with E-state index in [-0.39, 0.29) is 20.9 Å². The van der Waals surface area contributed by atoms with Crippen molar-refractivity contribution in [1.29, 1.82) is 0 Å². The van der Waals surface area contributed by atoms with Crippen molar-refractivity contribution in [2.45, 2.75) is 16.0 Å². The number of carboxylic acid groups (broad SMARTS) is 1. The summed E-state index contributed by atoms with van der Waals surface area (Å²) in [6.07, 6.45) is -4.32. The maximum absolute atomic E-state index is 13.1. The van der Waals surface area contributed by atoms with Crippen molar-refractivity contribution in [3.8, 4) is 0 Å². The Morgan fingerprint density at radius 1 is 1.09 bits per heavy atom.